The number of aryl methyl sites for hydroxylation is 1. The molecule has 1 amide bonds. The van der Waals surface area contributed by atoms with Crippen LogP contribution in [-0.2, 0) is 0 Å². The van der Waals surface area contributed by atoms with Gasteiger partial charge < -0.3 is 9.47 Å². The lowest BCUT2D eigenvalue weighted by Gasteiger charge is -2.12. The zero-order valence-electron chi connectivity index (χ0n) is 16.4. The van der Waals surface area contributed by atoms with Gasteiger partial charge in [-0.2, -0.15) is 5.10 Å². The largest absolute Gasteiger partial charge is 0.493 e. The van der Waals surface area contributed by atoms with Gasteiger partial charge in [-0.3, -0.25) is 4.79 Å². The molecule has 0 aliphatic carbocycles. The number of carbonyl (C=O) groups is 2. The van der Waals surface area contributed by atoms with Crippen LogP contribution in [0.5, 0.6) is 11.5 Å². The third kappa shape index (κ3) is 5.33. The Balaban J connectivity index is 1.74. The van der Waals surface area contributed by atoms with E-state index in [4.69, 9.17) is 9.47 Å². The van der Waals surface area contributed by atoms with Crippen molar-refractivity contribution in [3.8, 4) is 11.5 Å². The number of nitrogens with one attached hydrogen (secondary N) is 1. The molecule has 0 aliphatic heterocycles. The Labute approximate surface area is 182 Å². The number of esters is 1. The summed E-state index contributed by atoms with van der Waals surface area (Å²) >= 11 is 3.40. The molecule has 0 saturated heterocycles. The van der Waals surface area contributed by atoms with E-state index in [2.05, 4.69) is 26.5 Å². The van der Waals surface area contributed by atoms with Gasteiger partial charge >= 0.3 is 5.97 Å². The topological polar surface area (TPSA) is 77.0 Å². The highest BCUT2D eigenvalue weighted by Crippen LogP contribution is 2.36. The average Bonchev–Trinajstić information content (AvgIpc) is 2.76. The number of nitrogens with zero attached hydrogens (tertiary/aromatic N) is 1. The van der Waals surface area contributed by atoms with Gasteiger partial charge in [-0.1, -0.05) is 35.9 Å². The molecule has 0 heterocycles. The fourth-order valence-corrected chi connectivity index (χ4v) is 3.11. The van der Waals surface area contributed by atoms with Crippen molar-refractivity contribution in [1.82, 2.24) is 5.43 Å². The molecule has 30 heavy (non-hydrogen) atoms. The van der Waals surface area contributed by atoms with E-state index in [1.165, 1.54) is 13.3 Å². The number of carbonyl (C=O) groups excluding carboxylic acids is 2. The lowest BCUT2D eigenvalue weighted by atomic mass is 10.1. The minimum Gasteiger partial charge on any atom is -0.493 e. The maximum Gasteiger partial charge on any atom is 0.343 e. The van der Waals surface area contributed by atoms with Crippen molar-refractivity contribution in [2.75, 3.05) is 7.11 Å². The second-order valence-corrected chi connectivity index (χ2v) is 7.21. The molecule has 3 aromatic rings. The fourth-order valence-electron chi connectivity index (χ4n) is 2.57. The van der Waals surface area contributed by atoms with Crippen LogP contribution in [0.2, 0.25) is 0 Å². The summed E-state index contributed by atoms with van der Waals surface area (Å²) in [5, 5.41) is 3.97. The molecule has 7 heteroatoms. The summed E-state index contributed by atoms with van der Waals surface area (Å²) < 4.78 is 11.4. The second-order valence-electron chi connectivity index (χ2n) is 6.35. The molecule has 0 fully saturated rings. The van der Waals surface area contributed by atoms with Crippen LogP contribution >= 0.6 is 15.9 Å². The maximum absolute atomic E-state index is 12.4. The number of methoxy groups -OCH3 is 1. The van der Waals surface area contributed by atoms with Gasteiger partial charge in [0.25, 0.3) is 5.91 Å². The number of hydrogen-bond donors (Lipinski definition) is 1. The van der Waals surface area contributed by atoms with E-state index < -0.39 is 5.97 Å². The normalized spacial score (nSPS) is 10.6. The lowest BCUT2D eigenvalue weighted by molar-refractivity contribution is 0.0728. The van der Waals surface area contributed by atoms with Gasteiger partial charge in [0.1, 0.15) is 0 Å². The Morgan fingerprint density at radius 2 is 1.70 bits per heavy atom. The van der Waals surface area contributed by atoms with Gasteiger partial charge in [-0.25, -0.2) is 10.2 Å². The quantitative estimate of drug-likeness (QED) is 0.246. The molecule has 0 saturated carbocycles. The van der Waals surface area contributed by atoms with Crippen LogP contribution in [0.4, 0.5) is 0 Å². The van der Waals surface area contributed by atoms with Crippen LogP contribution in [0.1, 0.15) is 31.8 Å². The molecule has 0 spiro atoms. The smallest absolute Gasteiger partial charge is 0.343 e. The number of ether oxygens (including phenoxy) is 2. The molecule has 0 aromatic heterocycles. The molecule has 1 N–H and O–H groups in total. The van der Waals surface area contributed by atoms with Crippen LogP contribution in [-0.4, -0.2) is 25.2 Å². The summed E-state index contributed by atoms with van der Waals surface area (Å²) in [6.07, 6.45) is 1.47. The van der Waals surface area contributed by atoms with Crippen LogP contribution in [0.3, 0.4) is 0 Å². The van der Waals surface area contributed by atoms with Crippen molar-refractivity contribution < 1.29 is 19.1 Å². The van der Waals surface area contributed by atoms with Crippen molar-refractivity contribution in [2.45, 2.75) is 6.92 Å². The van der Waals surface area contributed by atoms with Gasteiger partial charge in [-0.15, -0.1) is 0 Å². The summed E-state index contributed by atoms with van der Waals surface area (Å²) in [6.45, 7) is 1.94. The first kappa shape index (κ1) is 21.3. The van der Waals surface area contributed by atoms with E-state index >= 15 is 0 Å². The summed E-state index contributed by atoms with van der Waals surface area (Å²) in [6, 6.07) is 19.2. The average molecular weight is 467 g/mol. The Morgan fingerprint density at radius 3 is 2.37 bits per heavy atom. The highest BCUT2D eigenvalue weighted by molar-refractivity contribution is 9.10. The van der Waals surface area contributed by atoms with Crippen molar-refractivity contribution >= 4 is 34.0 Å². The van der Waals surface area contributed by atoms with E-state index in [0.717, 1.165) is 5.56 Å². The van der Waals surface area contributed by atoms with E-state index in [9.17, 15) is 9.59 Å². The summed E-state index contributed by atoms with van der Waals surface area (Å²) in [4.78, 5) is 24.5. The van der Waals surface area contributed by atoms with Crippen molar-refractivity contribution in [2.24, 2.45) is 5.10 Å². The predicted octanol–water partition coefficient (Wildman–Crippen LogP) is 4.75. The van der Waals surface area contributed by atoms with Gasteiger partial charge in [0.2, 0.25) is 0 Å². The zero-order valence-corrected chi connectivity index (χ0v) is 18.0. The Hall–Kier alpha value is -3.45. The first-order valence-electron chi connectivity index (χ1n) is 9.03. The Kier molecular flexibility index (Phi) is 6.98. The maximum atomic E-state index is 12.4. The molecule has 152 valence electrons. The third-order valence-electron chi connectivity index (χ3n) is 4.15. The number of amides is 1. The standard InChI is InChI=1S/C23H19BrN2O4/c1-15-8-10-18(11-9-15)23(28)30-21-19(24)12-16(13-20(21)29-2)14-25-26-22(27)17-6-4-3-5-7-17/h3-14H,1-2H3,(H,26,27)/b25-14-. The predicted molar refractivity (Wildman–Crippen MR) is 118 cm³/mol. The SMILES string of the molecule is COc1cc(/C=N\NC(=O)c2ccccc2)cc(Br)c1OC(=O)c1ccc(C)cc1. The molecule has 0 unspecified atom stereocenters. The van der Waals surface area contributed by atoms with Crippen LogP contribution in [0, 0.1) is 6.92 Å². The van der Waals surface area contributed by atoms with Gasteiger partial charge in [0.15, 0.2) is 11.5 Å². The Bertz CT molecular complexity index is 1080. The van der Waals surface area contributed by atoms with Gasteiger partial charge in [-0.05, 0) is 64.8 Å². The lowest BCUT2D eigenvalue weighted by Crippen LogP contribution is -2.17. The molecule has 3 rings (SSSR count). The summed E-state index contributed by atoms with van der Waals surface area (Å²) in [5.41, 5.74) is 5.10. The minimum absolute atomic E-state index is 0.258. The molecule has 6 nitrogen and oxygen atoms in total. The second kappa shape index (κ2) is 9.84. The van der Waals surface area contributed by atoms with Crippen molar-refractivity contribution in [3.05, 3.63) is 93.5 Å². The molecule has 0 bridgehead atoms. The summed E-state index contributed by atoms with van der Waals surface area (Å²) in [7, 11) is 1.48. The zero-order chi connectivity index (χ0) is 21.5. The van der Waals surface area contributed by atoms with E-state index in [-0.39, 0.29) is 11.7 Å². The molecule has 0 aliphatic rings. The van der Waals surface area contributed by atoms with Gasteiger partial charge in [0, 0.05) is 5.56 Å². The molecule has 0 atom stereocenters. The number of hydrogen-bond acceptors (Lipinski definition) is 5. The highest BCUT2D eigenvalue weighted by atomic mass is 79.9. The van der Waals surface area contributed by atoms with Crippen molar-refractivity contribution in [3.63, 3.8) is 0 Å². The van der Waals surface area contributed by atoms with Gasteiger partial charge in [0.05, 0.1) is 23.4 Å². The van der Waals surface area contributed by atoms with E-state index in [0.29, 0.717) is 26.9 Å². The van der Waals surface area contributed by atoms with Crippen LogP contribution < -0.4 is 14.9 Å². The molecule has 0 radical (unpaired) electrons. The number of hydrazone groups is 1. The number of halogens is 1. The fraction of sp³-hybridized carbons (Fsp3) is 0.0870. The number of benzene rings is 3. The van der Waals surface area contributed by atoms with Crippen LogP contribution in [0.15, 0.2) is 76.3 Å². The molecule has 3 aromatic carbocycles. The van der Waals surface area contributed by atoms with E-state index in [1.807, 2.05) is 25.1 Å². The van der Waals surface area contributed by atoms with E-state index in [1.54, 1.807) is 48.5 Å². The molecular weight excluding hydrogens is 448 g/mol. The minimum atomic E-state index is -0.495. The Morgan fingerprint density at radius 1 is 1.00 bits per heavy atom. The third-order valence-corrected chi connectivity index (χ3v) is 4.74. The van der Waals surface area contributed by atoms with Crippen LogP contribution in [0.25, 0.3) is 0 Å². The summed E-state index contributed by atoms with van der Waals surface area (Å²) in [5.74, 6) is -0.207. The number of rotatable bonds is 6. The van der Waals surface area contributed by atoms with Crippen molar-refractivity contribution in [1.29, 1.82) is 0 Å². The monoisotopic (exact) mass is 466 g/mol. The molecular formula is C23H19BrN2O4. The first-order chi connectivity index (χ1) is 14.5. The highest BCUT2D eigenvalue weighted by Gasteiger charge is 2.16. The first-order valence-corrected chi connectivity index (χ1v) is 9.82.